The Hall–Kier alpha value is -1.63. The van der Waals surface area contributed by atoms with E-state index in [1.807, 2.05) is 50.1 Å². The Balaban J connectivity index is 1.93. The zero-order valence-corrected chi connectivity index (χ0v) is 17.1. The molecule has 1 aromatic carbocycles. The molecule has 1 aliphatic rings. The molecule has 27 heavy (non-hydrogen) atoms. The molecule has 1 N–H and O–H groups in total. The summed E-state index contributed by atoms with van der Waals surface area (Å²) >= 11 is 0. The number of carbonyl (C=O) groups is 1. The van der Waals surface area contributed by atoms with Gasteiger partial charge in [0.05, 0.1) is 12.7 Å². The highest BCUT2D eigenvalue weighted by Gasteiger charge is 2.28. The Morgan fingerprint density at radius 1 is 1.26 bits per heavy atom. The number of carboxylic acid groups (broad SMARTS) is 1. The maximum Gasteiger partial charge on any atom is 0.325 e. The van der Waals surface area contributed by atoms with E-state index in [1.54, 1.807) is 7.11 Å². The van der Waals surface area contributed by atoms with Crippen LogP contribution in [0, 0.1) is 5.92 Å². The molecule has 1 heterocycles. The molecule has 152 valence electrons. The van der Waals surface area contributed by atoms with E-state index < -0.39 is 12.0 Å². The van der Waals surface area contributed by atoms with Gasteiger partial charge < -0.3 is 19.5 Å². The lowest BCUT2D eigenvalue weighted by atomic mass is 9.95. The molecule has 0 bridgehead atoms. The highest BCUT2D eigenvalue weighted by Crippen LogP contribution is 2.26. The molecular weight excluding hydrogens is 344 g/mol. The molecule has 1 aromatic rings. The Labute approximate surface area is 163 Å². The average Bonchev–Trinajstić information content (AvgIpc) is 2.62. The van der Waals surface area contributed by atoms with Crippen LogP contribution < -0.4 is 4.74 Å². The zero-order chi connectivity index (χ0) is 19.8. The minimum atomic E-state index is -0.812. The van der Waals surface area contributed by atoms with Crippen LogP contribution in [-0.2, 0) is 9.53 Å². The third kappa shape index (κ3) is 6.79. The summed E-state index contributed by atoms with van der Waals surface area (Å²) < 4.78 is 10.8. The van der Waals surface area contributed by atoms with Gasteiger partial charge in [0.15, 0.2) is 0 Å². The van der Waals surface area contributed by atoms with Crippen molar-refractivity contribution in [3.05, 3.63) is 29.8 Å². The van der Waals surface area contributed by atoms with E-state index in [4.69, 9.17) is 9.47 Å². The lowest BCUT2D eigenvalue weighted by Crippen LogP contribution is -2.41. The maximum absolute atomic E-state index is 11.9. The number of carboxylic acids is 1. The van der Waals surface area contributed by atoms with Crippen molar-refractivity contribution in [2.24, 2.45) is 5.92 Å². The van der Waals surface area contributed by atoms with Crippen molar-refractivity contribution in [1.82, 2.24) is 9.80 Å². The molecule has 0 aliphatic carbocycles. The Morgan fingerprint density at radius 3 is 2.41 bits per heavy atom. The standard InChI is InChI=1S/C21H34N2O4/c1-16(2)27-19-7-5-18(6-8-19)20(21(24)25)22(3)15-17-9-11-23(12-10-17)13-14-26-4/h5-8,16-17,20H,9-15H2,1-4H3,(H,24,25)/t20-/m1/s1. The fourth-order valence-corrected chi connectivity index (χ4v) is 3.71. The van der Waals surface area contributed by atoms with Crippen LogP contribution in [0.2, 0.25) is 0 Å². The minimum absolute atomic E-state index is 0.101. The van der Waals surface area contributed by atoms with Crippen LogP contribution in [0.25, 0.3) is 0 Å². The topological polar surface area (TPSA) is 62.2 Å². The van der Waals surface area contributed by atoms with Gasteiger partial charge in [0, 0.05) is 20.2 Å². The molecule has 2 rings (SSSR count). The molecule has 6 heteroatoms. The number of hydrogen-bond acceptors (Lipinski definition) is 5. The van der Waals surface area contributed by atoms with E-state index in [1.165, 1.54) is 0 Å². The first-order chi connectivity index (χ1) is 12.9. The maximum atomic E-state index is 11.9. The van der Waals surface area contributed by atoms with E-state index >= 15 is 0 Å². The molecule has 6 nitrogen and oxygen atoms in total. The number of rotatable bonds is 10. The summed E-state index contributed by atoms with van der Waals surface area (Å²) in [6, 6.07) is 6.80. The molecule has 1 aliphatic heterocycles. The number of ether oxygens (including phenoxy) is 2. The lowest BCUT2D eigenvalue weighted by molar-refractivity contribution is -0.143. The van der Waals surface area contributed by atoms with Gasteiger partial charge in [0.2, 0.25) is 0 Å². The van der Waals surface area contributed by atoms with Crippen molar-refractivity contribution < 1.29 is 19.4 Å². The number of aliphatic carboxylic acids is 1. The van der Waals surface area contributed by atoms with Gasteiger partial charge in [-0.05, 0) is 70.4 Å². The summed E-state index contributed by atoms with van der Waals surface area (Å²) in [5.74, 6) is 0.482. The monoisotopic (exact) mass is 378 g/mol. The van der Waals surface area contributed by atoms with Gasteiger partial charge in [-0.15, -0.1) is 0 Å². The van der Waals surface area contributed by atoms with Crippen LogP contribution in [0.15, 0.2) is 24.3 Å². The normalized spacial score (nSPS) is 17.4. The first-order valence-electron chi connectivity index (χ1n) is 9.81. The van der Waals surface area contributed by atoms with E-state index in [0.717, 1.165) is 56.9 Å². The number of methoxy groups -OCH3 is 1. The van der Waals surface area contributed by atoms with Gasteiger partial charge in [0.25, 0.3) is 0 Å². The van der Waals surface area contributed by atoms with Gasteiger partial charge in [-0.1, -0.05) is 12.1 Å². The first kappa shape index (κ1) is 21.7. The van der Waals surface area contributed by atoms with E-state index in [-0.39, 0.29) is 6.10 Å². The smallest absolute Gasteiger partial charge is 0.325 e. The van der Waals surface area contributed by atoms with Crippen molar-refractivity contribution in [3.8, 4) is 5.75 Å². The van der Waals surface area contributed by atoms with Crippen LogP contribution in [0.3, 0.4) is 0 Å². The molecule has 1 fully saturated rings. The van der Waals surface area contributed by atoms with Crippen LogP contribution in [-0.4, -0.2) is 73.9 Å². The number of nitrogens with zero attached hydrogens (tertiary/aromatic N) is 2. The molecule has 1 atom stereocenters. The van der Waals surface area contributed by atoms with Crippen molar-refractivity contribution >= 4 is 5.97 Å². The SMILES string of the molecule is COCCN1CCC(CN(C)[C@@H](C(=O)O)c2ccc(OC(C)C)cc2)CC1. The third-order valence-electron chi connectivity index (χ3n) is 5.11. The summed E-state index contributed by atoms with van der Waals surface area (Å²) in [7, 11) is 3.64. The molecule has 0 spiro atoms. The van der Waals surface area contributed by atoms with Crippen molar-refractivity contribution in [3.63, 3.8) is 0 Å². The molecule has 1 saturated heterocycles. The highest BCUT2D eigenvalue weighted by molar-refractivity contribution is 5.75. The van der Waals surface area contributed by atoms with E-state index in [0.29, 0.717) is 5.92 Å². The quantitative estimate of drug-likeness (QED) is 0.675. The predicted octanol–water partition coefficient (Wildman–Crippen LogP) is 2.89. The van der Waals surface area contributed by atoms with Crippen LogP contribution in [0.5, 0.6) is 5.75 Å². The van der Waals surface area contributed by atoms with Gasteiger partial charge >= 0.3 is 5.97 Å². The largest absolute Gasteiger partial charge is 0.491 e. The summed E-state index contributed by atoms with van der Waals surface area (Å²) in [6.07, 6.45) is 2.30. The van der Waals surface area contributed by atoms with Crippen molar-refractivity contribution in [1.29, 1.82) is 0 Å². The van der Waals surface area contributed by atoms with Gasteiger partial charge in [-0.2, -0.15) is 0 Å². The van der Waals surface area contributed by atoms with Gasteiger partial charge in [-0.25, -0.2) is 0 Å². The first-order valence-corrected chi connectivity index (χ1v) is 9.81. The van der Waals surface area contributed by atoms with Crippen LogP contribution in [0.1, 0.15) is 38.3 Å². The molecule has 0 radical (unpaired) electrons. The Kier molecular flexibility index (Phi) is 8.54. The molecule has 0 aromatic heterocycles. The Bertz CT molecular complexity index is 568. The second-order valence-corrected chi connectivity index (χ2v) is 7.69. The predicted molar refractivity (Wildman–Crippen MR) is 106 cm³/mol. The van der Waals surface area contributed by atoms with E-state index in [9.17, 15) is 9.90 Å². The number of benzene rings is 1. The fraction of sp³-hybridized carbons (Fsp3) is 0.667. The van der Waals surface area contributed by atoms with E-state index in [2.05, 4.69) is 4.90 Å². The van der Waals surface area contributed by atoms with Crippen molar-refractivity contribution in [2.75, 3.05) is 46.9 Å². The van der Waals surface area contributed by atoms with Crippen molar-refractivity contribution in [2.45, 2.75) is 38.8 Å². The molecule has 0 unspecified atom stereocenters. The van der Waals surface area contributed by atoms with Crippen LogP contribution >= 0.6 is 0 Å². The summed E-state index contributed by atoms with van der Waals surface area (Å²) in [4.78, 5) is 16.3. The third-order valence-corrected chi connectivity index (χ3v) is 5.11. The molecule has 0 amide bonds. The summed E-state index contributed by atoms with van der Waals surface area (Å²) in [5.41, 5.74) is 0.790. The number of hydrogen-bond donors (Lipinski definition) is 1. The number of likely N-dealkylation sites (tertiary alicyclic amines) is 1. The second kappa shape index (κ2) is 10.6. The lowest BCUT2D eigenvalue weighted by Gasteiger charge is -2.35. The summed E-state index contributed by atoms with van der Waals surface area (Å²) in [5, 5.41) is 9.79. The number of likely N-dealkylation sites (N-methyl/N-ethyl adjacent to an activating group) is 1. The average molecular weight is 379 g/mol. The summed E-state index contributed by atoms with van der Waals surface area (Å²) in [6.45, 7) is 8.59. The molecule has 0 saturated carbocycles. The fourth-order valence-electron chi connectivity index (χ4n) is 3.71. The zero-order valence-electron chi connectivity index (χ0n) is 17.1. The van der Waals surface area contributed by atoms with Gasteiger partial charge in [0.1, 0.15) is 11.8 Å². The highest BCUT2D eigenvalue weighted by atomic mass is 16.5. The Morgan fingerprint density at radius 2 is 1.89 bits per heavy atom. The van der Waals surface area contributed by atoms with Gasteiger partial charge in [-0.3, -0.25) is 9.69 Å². The second-order valence-electron chi connectivity index (χ2n) is 7.69. The minimum Gasteiger partial charge on any atom is -0.491 e. The van der Waals surface area contributed by atoms with Crippen LogP contribution in [0.4, 0.5) is 0 Å². The number of piperidine rings is 1. The molecular formula is C21H34N2O4.